The maximum absolute atomic E-state index is 12.2. The Labute approximate surface area is 150 Å². The number of amides is 1. The quantitative estimate of drug-likeness (QED) is 0.711. The highest BCUT2D eigenvalue weighted by Crippen LogP contribution is 2.14. The molecule has 0 bridgehead atoms. The number of hydrogen-bond donors (Lipinski definition) is 1. The SMILES string of the molecule is C=CCOc1ccc(CN(C)CC(=O)NC(C)c2ccccc2)cc1. The average Bonchev–Trinajstić information content (AvgIpc) is 2.61. The molecular formula is C21H26N2O2. The van der Waals surface area contributed by atoms with Gasteiger partial charge in [0.1, 0.15) is 12.4 Å². The van der Waals surface area contributed by atoms with Crippen LogP contribution in [-0.4, -0.2) is 31.0 Å². The van der Waals surface area contributed by atoms with Gasteiger partial charge in [-0.2, -0.15) is 0 Å². The summed E-state index contributed by atoms with van der Waals surface area (Å²) in [6.45, 7) is 7.18. The predicted molar refractivity (Wildman–Crippen MR) is 101 cm³/mol. The summed E-state index contributed by atoms with van der Waals surface area (Å²) in [4.78, 5) is 14.2. The second-order valence-electron chi connectivity index (χ2n) is 6.12. The minimum atomic E-state index is 0.00314. The molecule has 0 fully saturated rings. The van der Waals surface area contributed by atoms with Crippen molar-refractivity contribution in [2.45, 2.75) is 19.5 Å². The topological polar surface area (TPSA) is 41.6 Å². The van der Waals surface area contributed by atoms with Crippen molar-refractivity contribution in [2.75, 3.05) is 20.2 Å². The van der Waals surface area contributed by atoms with E-state index in [1.165, 1.54) is 0 Å². The maximum atomic E-state index is 12.2. The monoisotopic (exact) mass is 338 g/mol. The van der Waals surface area contributed by atoms with E-state index in [1.54, 1.807) is 6.08 Å². The molecular weight excluding hydrogens is 312 g/mol. The van der Waals surface area contributed by atoms with Crippen LogP contribution >= 0.6 is 0 Å². The van der Waals surface area contributed by atoms with Gasteiger partial charge in [0.15, 0.2) is 0 Å². The van der Waals surface area contributed by atoms with Crippen molar-refractivity contribution in [3.8, 4) is 5.75 Å². The fraction of sp³-hybridized carbons (Fsp3) is 0.286. The lowest BCUT2D eigenvalue weighted by molar-refractivity contribution is -0.122. The molecule has 132 valence electrons. The largest absolute Gasteiger partial charge is 0.490 e. The van der Waals surface area contributed by atoms with Crippen LogP contribution in [0.1, 0.15) is 24.1 Å². The van der Waals surface area contributed by atoms with Gasteiger partial charge in [-0.3, -0.25) is 9.69 Å². The number of hydrogen-bond acceptors (Lipinski definition) is 3. The molecule has 4 heteroatoms. The van der Waals surface area contributed by atoms with E-state index >= 15 is 0 Å². The highest BCUT2D eigenvalue weighted by molar-refractivity contribution is 5.78. The van der Waals surface area contributed by atoms with Crippen LogP contribution in [0.25, 0.3) is 0 Å². The molecule has 1 atom stereocenters. The zero-order chi connectivity index (χ0) is 18.1. The first-order valence-electron chi connectivity index (χ1n) is 8.44. The van der Waals surface area contributed by atoms with Crippen molar-refractivity contribution in [1.82, 2.24) is 10.2 Å². The molecule has 0 aromatic heterocycles. The van der Waals surface area contributed by atoms with Crippen molar-refractivity contribution < 1.29 is 9.53 Å². The number of carbonyl (C=O) groups is 1. The van der Waals surface area contributed by atoms with Crippen molar-refractivity contribution in [3.05, 3.63) is 78.4 Å². The van der Waals surface area contributed by atoms with Crippen LogP contribution in [0.15, 0.2) is 67.3 Å². The van der Waals surface area contributed by atoms with E-state index in [9.17, 15) is 4.79 Å². The van der Waals surface area contributed by atoms with Crippen molar-refractivity contribution in [1.29, 1.82) is 0 Å². The fourth-order valence-corrected chi connectivity index (χ4v) is 2.57. The van der Waals surface area contributed by atoms with Gasteiger partial charge in [0.2, 0.25) is 5.91 Å². The smallest absolute Gasteiger partial charge is 0.234 e. The van der Waals surface area contributed by atoms with Crippen LogP contribution in [0.3, 0.4) is 0 Å². The number of rotatable bonds is 9. The Kier molecular flexibility index (Phi) is 7.23. The van der Waals surface area contributed by atoms with Crippen LogP contribution in [0.4, 0.5) is 0 Å². The number of benzene rings is 2. The highest BCUT2D eigenvalue weighted by atomic mass is 16.5. The lowest BCUT2D eigenvalue weighted by atomic mass is 10.1. The standard InChI is InChI=1S/C21H26N2O2/c1-4-14-25-20-12-10-18(11-13-20)15-23(3)16-21(24)22-17(2)19-8-6-5-7-9-19/h4-13,17H,1,14-16H2,2-3H3,(H,22,24). The van der Waals surface area contributed by atoms with E-state index in [-0.39, 0.29) is 11.9 Å². The van der Waals surface area contributed by atoms with Gasteiger partial charge in [-0.25, -0.2) is 0 Å². The van der Waals surface area contributed by atoms with E-state index in [2.05, 4.69) is 11.9 Å². The summed E-state index contributed by atoms with van der Waals surface area (Å²) in [5.74, 6) is 0.838. The van der Waals surface area contributed by atoms with Gasteiger partial charge in [-0.1, -0.05) is 55.1 Å². The zero-order valence-corrected chi connectivity index (χ0v) is 14.9. The summed E-state index contributed by atoms with van der Waals surface area (Å²) in [5.41, 5.74) is 2.24. The summed E-state index contributed by atoms with van der Waals surface area (Å²) in [7, 11) is 1.94. The third-order valence-corrected chi connectivity index (χ3v) is 3.83. The Bertz CT molecular complexity index is 668. The molecule has 1 N–H and O–H groups in total. The number of carbonyl (C=O) groups excluding carboxylic acids is 1. The maximum Gasteiger partial charge on any atom is 0.234 e. The molecule has 1 unspecified atom stereocenters. The highest BCUT2D eigenvalue weighted by Gasteiger charge is 2.11. The summed E-state index contributed by atoms with van der Waals surface area (Å²) < 4.78 is 5.47. The van der Waals surface area contributed by atoms with Gasteiger partial charge in [-0.15, -0.1) is 0 Å². The van der Waals surface area contributed by atoms with E-state index in [4.69, 9.17) is 4.74 Å². The van der Waals surface area contributed by atoms with E-state index in [0.717, 1.165) is 16.9 Å². The molecule has 25 heavy (non-hydrogen) atoms. The zero-order valence-electron chi connectivity index (χ0n) is 14.9. The number of likely N-dealkylation sites (N-methyl/N-ethyl adjacent to an activating group) is 1. The first-order chi connectivity index (χ1) is 12.1. The molecule has 0 saturated heterocycles. The van der Waals surface area contributed by atoms with Gasteiger partial charge in [0.05, 0.1) is 12.6 Å². The summed E-state index contributed by atoms with van der Waals surface area (Å²) >= 11 is 0. The molecule has 2 rings (SSSR count). The van der Waals surface area contributed by atoms with Crippen LogP contribution in [0.2, 0.25) is 0 Å². The molecule has 0 radical (unpaired) electrons. The second-order valence-corrected chi connectivity index (χ2v) is 6.12. The van der Waals surface area contributed by atoms with E-state index < -0.39 is 0 Å². The van der Waals surface area contributed by atoms with Crippen LogP contribution in [0, 0.1) is 0 Å². The minimum absolute atomic E-state index is 0.00314. The van der Waals surface area contributed by atoms with E-state index in [0.29, 0.717) is 19.7 Å². The number of nitrogens with one attached hydrogen (secondary N) is 1. The van der Waals surface area contributed by atoms with E-state index in [1.807, 2.05) is 73.5 Å². The summed E-state index contributed by atoms with van der Waals surface area (Å²) in [5, 5.41) is 3.04. The molecule has 0 aliphatic rings. The number of ether oxygens (including phenoxy) is 1. The molecule has 0 heterocycles. The normalized spacial score (nSPS) is 11.8. The van der Waals surface area contributed by atoms with Gasteiger partial charge < -0.3 is 10.1 Å². The Morgan fingerprint density at radius 2 is 1.88 bits per heavy atom. The first-order valence-corrected chi connectivity index (χ1v) is 8.44. The fourth-order valence-electron chi connectivity index (χ4n) is 2.57. The van der Waals surface area contributed by atoms with Gasteiger partial charge >= 0.3 is 0 Å². The Balaban J connectivity index is 1.80. The van der Waals surface area contributed by atoms with Crippen molar-refractivity contribution >= 4 is 5.91 Å². The molecule has 0 spiro atoms. The molecule has 2 aromatic rings. The van der Waals surface area contributed by atoms with Crippen LogP contribution in [-0.2, 0) is 11.3 Å². The third kappa shape index (κ3) is 6.43. The van der Waals surface area contributed by atoms with Gasteiger partial charge in [0.25, 0.3) is 0 Å². The molecule has 1 amide bonds. The van der Waals surface area contributed by atoms with Gasteiger partial charge in [-0.05, 0) is 37.2 Å². The molecule has 0 saturated carbocycles. The Hall–Kier alpha value is -2.59. The Morgan fingerprint density at radius 3 is 2.52 bits per heavy atom. The lowest BCUT2D eigenvalue weighted by Crippen LogP contribution is -2.36. The van der Waals surface area contributed by atoms with Crippen molar-refractivity contribution in [2.24, 2.45) is 0 Å². The molecule has 4 nitrogen and oxygen atoms in total. The lowest BCUT2D eigenvalue weighted by Gasteiger charge is -2.19. The van der Waals surface area contributed by atoms with Crippen LogP contribution < -0.4 is 10.1 Å². The van der Waals surface area contributed by atoms with Gasteiger partial charge in [0, 0.05) is 6.54 Å². The molecule has 0 aliphatic carbocycles. The van der Waals surface area contributed by atoms with Crippen molar-refractivity contribution in [3.63, 3.8) is 0 Å². The number of nitrogens with zero attached hydrogens (tertiary/aromatic N) is 1. The predicted octanol–water partition coefficient (Wildman–Crippen LogP) is 3.56. The summed E-state index contributed by atoms with van der Waals surface area (Å²) in [6.07, 6.45) is 1.72. The first kappa shape index (κ1) is 18.7. The summed E-state index contributed by atoms with van der Waals surface area (Å²) in [6, 6.07) is 17.9. The second kappa shape index (κ2) is 9.64. The van der Waals surface area contributed by atoms with Crippen LogP contribution in [0.5, 0.6) is 5.75 Å². The minimum Gasteiger partial charge on any atom is -0.490 e. The third-order valence-electron chi connectivity index (χ3n) is 3.83. The average molecular weight is 338 g/mol. The molecule has 2 aromatic carbocycles. The Morgan fingerprint density at radius 1 is 1.20 bits per heavy atom. The molecule has 0 aliphatic heterocycles.